The number of H-pyrrole nitrogens is 2. The maximum atomic E-state index is 12.9. The smallest absolute Gasteiger partial charge is 0.270 e. The fourth-order valence-electron chi connectivity index (χ4n) is 2.96. The molecule has 0 aliphatic rings. The number of nitrogens with zero attached hydrogens (tertiary/aromatic N) is 4. The number of aromatic nitrogens is 5. The molecule has 0 spiro atoms. The molecular formula is C19H22N6O. The van der Waals surface area contributed by atoms with Crippen LogP contribution < -0.4 is 0 Å². The number of aromatic amines is 2. The second-order valence-corrected chi connectivity index (χ2v) is 5.94. The third-order valence-corrected chi connectivity index (χ3v) is 4.33. The van der Waals surface area contributed by atoms with Crippen LogP contribution in [0.3, 0.4) is 0 Å². The van der Waals surface area contributed by atoms with Crippen LogP contribution in [0.25, 0.3) is 22.3 Å². The fraction of sp³-hybridized carbons (Fsp3) is 0.158. The van der Waals surface area contributed by atoms with Crippen molar-refractivity contribution in [3.05, 3.63) is 66.6 Å². The van der Waals surface area contributed by atoms with E-state index in [9.17, 15) is 4.79 Å². The summed E-state index contributed by atoms with van der Waals surface area (Å²) in [4.78, 5) is 33.4. The predicted octanol–water partition coefficient (Wildman–Crippen LogP) is 3.50. The van der Waals surface area contributed by atoms with E-state index in [2.05, 4.69) is 24.9 Å². The van der Waals surface area contributed by atoms with E-state index < -0.39 is 0 Å². The Bertz CT molecular complexity index is 1050. The molecule has 26 heavy (non-hydrogen) atoms. The molecule has 4 rings (SSSR count). The molecule has 0 saturated carbocycles. The van der Waals surface area contributed by atoms with Crippen LogP contribution in [0.1, 0.15) is 25.8 Å². The number of amides is 1. The lowest BCUT2D eigenvalue weighted by molar-refractivity contribution is 0.0747. The van der Waals surface area contributed by atoms with E-state index in [1.54, 1.807) is 17.3 Å². The third-order valence-electron chi connectivity index (χ3n) is 4.33. The van der Waals surface area contributed by atoms with Gasteiger partial charge in [0.05, 0.1) is 5.69 Å². The minimum atomic E-state index is -0.0464. The van der Waals surface area contributed by atoms with Crippen molar-refractivity contribution in [2.24, 2.45) is 0 Å². The standard InChI is InChI=1S/C19H18N6O.2H2/c1-2-25(11-13-3-6-20-7-4-13)19(26)16-9-14(10-22-16)17-15-5-8-21-18(15)24-12-23-17;;/h3-10,12,22H,2,11H2,1H3,(H,21,23,24);2*1H. The molecule has 0 aliphatic heterocycles. The van der Waals surface area contributed by atoms with Gasteiger partial charge in [-0.25, -0.2) is 9.97 Å². The predicted molar refractivity (Wildman–Crippen MR) is 103 cm³/mol. The Morgan fingerprint density at radius 1 is 1.19 bits per heavy atom. The van der Waals surface area contributed by atoms with Gasteiger partial charge in [0.2, 0.25) is 0 Å². The number of rotatable bonds is 5. The Morgan fingerprint density at radius 3 is 2.85 bits per heavy atom. The highest BCUT2D eigenvalue weighted by Gasteiger charge is 2.18. The molecule has 1 amide bonds. The number of hydrogen-bond acceptors (Lipinski definition) is 4. The summed E-state index contributed by atoms with van der Waals surface area (Å²) in [6, 6.07) is 7.60. The molecule has 4 aromatic heterocycles. The summed E-state index contributed by atoms with van der Waals surface area (Å²) in [6.07, 6.45) is 8.62. The van der Waals surface area contributed by atoms with E-state index in [1.807, 2.05) is 43.6 Å². The van der Waals surface area contributed by atoms with Gasteiger partial charge in [0.1, 0.15) is 17.7 Å². The summed E-state index contributed by atoms with van der Waals surface area (Å²) < 4.78 is 0. The van der Waals surface area contributed by atoms with Crippen LogP contribution in [0, 0.1) is 0 Å². The van der Waals surface area contributed by atoms with Crippen molar-refractivity contribution in [3.63, 3.8) is 0 Å². The van der Waals surface area contributed by atoms with Crippen LogP contribution in [0.15, 0.2) is 55.4 Å². The van der Waals surface area contributed by atoms with Gasteiger partial charge in [-0.3, -0.25) is 9.78 Å². The molecule has 0 unspecified atom stereocenters. The van der Waals surface area contributed by atoms with Gasteiger partial charge < -0.3 is 14.9 Å². The molecule has 0 fully saturated rings. The lowest BCUT2D eigenvalue weighted by Crippen LogP contribution is -2.30. The minimum absolute atomic E-state index is 0. The van der Waals surface area contributed by atoms with E-state index in [1.165, 1.54) is 6.33 Å². The van der Waals surface area contributed by atoms with Crippen molar-refractivity contribution in [2.75, 3.05) is 6.54 Å². The first-order valence-electron chi connectivity index (χ1n) is 8.41. The lowest BCUT2D eigenvalue weighted by atomic mass is 10.1. The number of pyridine rings is 1. The zero-order chi connectivity index (χ0) is 17.9. The summed E-state index contributed by atoms with van der Waals surface area (Å²) in [7, 11) is 0. The van der Waals surface area contributed by atoms with Gasteiger partial charge in [-0.05, 0) is 36.8 Å². The van der Waals surface area contributed by atoms with Crippen LogP contribution in [-0.2, 0) is 6.54 Å². The average Bonchev–Trinajstić information content (AvgIpc) is 3.35. The minimum Gasteiger partial charge on any atom is -0.357 e. The second-order valence-electron chi connectivity index (χ2n) is 5.94. The summed E-state index contributed by atoms with van der Waals surface area (Å²) in [5.74, 6) is -0.0464. The molecule has 7 nitrogen and oxygen atoms in total. The first-order chi connectivity index (χ1) is 12.8. The van der Waals surface area contributed by atoms with E-state index in [4.69, 9.17) is 0 Å². The van der Waals surface area contributed by atoms with Gasteiger partial charge in [0.15, 0.2) is 0 Å². The fourth-order valence-corrected chi connectivity index (χ4v) is 2.96. The average molecular weight is 350 g/mol. The van der Waals surface area contributed by atoms with Gasteiger partial charge in [0, 0.05) is 51.7 Å². The third kappa shape index (κ3) is 2.95. The van der Waals surface area contributed by atoms with Crippen molar-refractivity contribution in [3.8, 4) is 11.3 Å². The Kier molecular flexibility index (Phi) is 4.18. The molecular weight excluding hydrogens is 328 g/mol. The molecule has 0 aliphatic carbocycles. The SMILES string of the molecule is CCN(Cc1ccncc1)C(=O)c1cc(-c2ncnc3[nH]ccc23)c[nH]1.[HH].[HH]. The molecule has 4 heterocycles. The van der Waals surface area contributed by atoms with Crippen molar-refractivity contribution in [1.82, 2.24) is 29.8 Å². The van der Waals surface area contributed by atoms with Gasteiger partial charge in [0.25, 0.3) is 5.91 Å². The maximum absolute atomic E-state index is 12.9. The Labute approximate surface area is 153 Å². The van der Waals surface area contributed by atoms with E-state index in [-0.39, 0.29) is 8.76 Å². The van der Waals surface area contributed by atoms with E-state index in [0.717, 1.165) is 27.9 Å². The van der Waals surface area contributed by atoms with Crippen LogP contribution in [-0.4, -0.2) is 42.3 Å². The highest BCUT2D eigenvalue weighted by atomic mass is 16.2. The first kappa shape index (κ1) is 16.0. The summed E-state index contributed by atoms with van der Waals surface area (Å²) in [5, 5.41) is 0.926. The highest BCUT2D eigenvalue weighted by Crippen LogP contribution is 2.25. The van der Waals surface area contributed by atoms with Gasteiger partial charge in [-0.1, -0.05) is 0 Å². The van der Waals surface area contributed by atoms with Gasteiger partial charge in [-0.15, -0.1) is 0 Å². The largest absolute Gasteiger partial charge is 0.357 e. The molecule has 4 aromatic rings. The Balaban J connectivity index is 0.00000140. The van der Waals surface area contributed by atoms with E-state index in [0.29, 0.717) is 18.8 Å². The first-order valence-corrected chi connectivity index (χ1v) is 8.41. The Hall–Kier alpha value is -3.48. The van der Waals surface area contributed by atoms with Crippen LogP contribution in [0.4, 0.5) is 0 Å². The van der Waals surface area contributed by atoms with Crippen LogP contribution >= 0.6 is 0 Å². The number of fused-ring (bicyclic) bond motifs is 1. The molecule has 2 N–H and O–H groups in total. The highest BCUT2D eigenvalue weighted by molar-refractivity contribution is 5.96. The number of nitrogens with one attached hydrogen (secondary N) is 2. The summed E-state index contributed by atoms with van der Waals surface area (Å²) >= 11 is 0. The molecule has 7 heteroatoms. The van der Waals surface area contributed by atoms with Gasteiger partial charge >= 0.3 is 0 Å². The molecule has 134 valence electrons. The molecule has 0 radical (unpaired) electrons. The lowest BCUT2D eigenvalue weighted by Gasteiger charge is -2.20. The van der Waals surface area contributed by atoms with Crippen molar-refractivity contribution in [1.29, 1.82) is 0 Å². The zero-order valence-corrected chi connectivity index (χ0v) is 14.3. The number of carbonyl (C=O) groups excluding carboxylic acids is 1. The topological polar surface area (TPSA) is 90.6 Å². The normalized spacial score (nSPS) is 11.0. The summed E-state index contributed by atoms with van der Waals surface area (Å²) in [6.45, 7) is 3.13. The molecule has 0 bridgehead atoms. The maximum Gasteiger partial charge on any atom is 0.270 e. The van der Waals surface area contributed by atoms with Gasteiger partial charge in [-0.2, -0.15) is 0 Å². The monoisotopic (exact) mass is 350 g/mol. The van der Waals surface area contributed by atoms with Crippen molar-refractivity contribution in [2.45, 2.75) is 13.5 Å². The summed E-state index contributed by atoms with van der Waals surface area (Å²) in [5.41, 5.74) is 4.02. The molecule has 0 saturated heterocycles. The second kappa shape index (κ2) is 6.79. The molecule has 0 aromatic carbocycles. The van der Waals surface area contributed by atoms with Crippen molar-refractivity contribution >= 4 is 16.9 Å². The molecule has 0 atom stereocenters. The van der Waals surface area contributed by atoms with Crippen LogP contribution in [0.5, 0.6) is 0 Å². The van der Waals surface area contributed by atoms with Crippen molar-refractivity contribution < 1.29 is 7.65 Å². The number of carbonyl (C=O) groups is 1. The Morgan fingerprint density at radius 2 is 2.04 bits per heavy atom. The zero-order valence-electron chi connectivity index (χ0n) is 14.3. The number of hydrogen-bond donors (Lipinski definition) is 2. The quantitative estimate of drug-likeness (QED) is 0.576. The van der Waals surface area contributed by atoms with E-state index >= 15 is 0 Å². The van der Waals surface area contributed by atoms with Crippen LogP contribution in [0.2, 0.25) is 0 Å².